The van der Waals surface area contributed by atoms with Crippen LogP contribution in [0, 0.1) is 0 Å². The molecule has 2 N–H and O–H groups in total. The molecule has 2 aromatic carbocycles. The van der Waals surface area contributed by atoms with Gasteiger partial charge in [-0.2, -0.15) is 0 Å². The second kappa shape index (κ2) is 10.6. The summed E-state index contributed by atoms with van der Waals surface area (Å²) in [5, 5.41) is 5.67. The van der Waals surface area contributed by atoms with E-state index in [2.05, 4.69) is 10.6 Å². The van der Waals surface area contributed by atoms with Crippen LogP contribution in [0.4, 0.5) is 10.5 Å². The monoisotopic (exact) mass is 467 g/mol. The summed E-state index contributed by atoms with van der Waals surface area (Å²) >= 11 is 0. The number of nitrogens with one attached hydrogen (secondary N) is 2. The van der Waals surface area contributed by atoms with Crippen molar-refractivity contribution in [1.29, 1.82) is 0 Å². The lowest BCUT2D eigenvalue weighted by Crippen LogP contribution is -2.52. The zero-order valence-corrected chi connectivity index (χ0v) is 20.4. The highest BCUT2D eigenvalue weighted by Crippen LogP contribution is 2.27. The van der Waals surface area contributed by atoms with Crippen molar-refractivity contribution in [2.45, 2.75) is 64.8 Å². The number of hydrogen-bond donors (Lipinski definition) is 2. The highest BCUT2D eigenvalue weighted by atomic mass is 16.6. The lowest BCUT2D eigenvalue weighted by molar-refractivity contribution is -0.129. The number of rotatable bonds is 6. The maximum absolute atomic E-state index is 12.8. The Kier molecular flexibility index (Phi) is 7.81. The number of carbonyl (C=O) groups excluding carboxylic acids is 3. The zero-order chi connectivity index (χ0) is 24.9. The van der Waals surface area contributed by atoms with Crippen molar-refractivity contribution >= 4 is 23.6 Å². The number of carbonyl (C=O) groups is 3. The van der Waals surface area contributed by atoms with Crippen LogP contribution < -0.4 is 15.4 Å². The summed E-state index contributed by atoms with van der Waals surface area (Å²) in [4.78, 5) is 39.1. The fourth-order valence-corrected chi connectivity index (χ4v) is 3.47. The molecule has 0 radical (unpaired) electrons. The largest absolute Gasteiger partial charge is 0.489 e. The van der Waals surface area contributed by atoms with Crippen LogP contribution in [0.25, 0.3) is 0 Å². The fraction of sp³-hybridized carbons (Fsp3) is 0.423. The van der Waals surface area contributed by atoms with Crippen LogP contribution in [0.1, 0.15) is 45.2 Å². The molecular weight excluding hydrogens is 434 g/mol. The molecule has 1 unspecified atom stereocenters. The molecule has 8 nitrogen and oxygen atoms in total. The van der Waals surface area contributed by atoms with Crippen LogP contribution in [-0.4, -0.2) is 47.5 Å². The minimum absolute atomic E-state index is 0.306. The number of anilines is 1. The Balaban J connectivity index is 1.60. The molecule has 182 valence electrons. The zero-order valence-electron chi connectivity index (χ0n) is 20.4. The van der Waals surface area contributed by atoms with Gasteiger partial charge in [-0.3, -0.25) is 14.5 Å². The standard InChI is InChI=1S/C26H33N3O5/c1-17(29(5)25(32)34-26(2,3)4)23(30)27-21-14-12-19-11-13-20(15-22(19)28-24(21)31)33-16-18-9-7-6-8-10-18/h6-11,13,15,17,21H,12,14,16H2,1-5H3,(H,27,30)(H,28,31)/t17-,21?/m0/s1. The van der Waals surface area contributed by atoms with Crippen LogP contribution in [0.5, 0.6) is 5.75 Å². The topological polar surface area (TPSA) is 97.0 Å². The summed E-state index contributed by atoms with van der Waals surface area (Å²) in [5.74, 6) is -0.0798. The molecule has 1 aliphatic heterocycles. The summed E-state index contributed by atoms with van der Waals surface area (Å²) < 4.78 is 11.2. The fourth-order valence-electron chi connectivity index (χ4n) is 3.47. The van der Waals surface area contributed by atoms with Gasteiger partial charge >= 0.3 is 6.09 Å². The number of benzene rings is 2. The first-order valence-corrected chi connectivity index (χ1v) is 11.4. The molecule has 8 heteroatoms. The number of likely N-dealkylation sites (N-methyl/N-ethyl adjacent to an activating group) is 1. The summed E-state index contributed by atoms with van der Waals surface area (Å²) in [6.45, 7) is 7.30. The molecule has 0 spiro atoms. The van der Waals surface area contributed by atoms with Crippen molar-refractivity contribution in [3.63, 3.8) is 0 Å². The first-order chi connectivity index (χ1) is 16.0. The number of hydrogen-bond acceptors (Lipinski definition) is 5. The van der Waals surface area contributed by atoms with Crippen molar-refractivity contribution in [3.8, 4) is 5.75 Å². The van der Waals surface area contributed by atoms with E-state index < -0.39 is 29.7 Å². The Morgan fingerprint density at radius 1 is 1.18 bits per heavy atom. The molecule has 1 aliphatic rings. The van der Waals surface area contributed by atoms with Crippen LogP contribution >= 0.6 is 0 Å². The highest BCUT2D eigenvalue weighted by molar-refractivity contribution is 5.99. The molecule has 0 saturated carbocycles. The Bertz CT molecular complexity index is 1030. The van der Waals surface area contributed by atoms with Crippen LogP contribution in [0.3, 0.4) is 0 Å². The number of ether oxygens (including phenoxy) is 2. The summed E-state index contributed by atoms with van der Waals surface area (Å²) in [7, 11) is 1.50. The van der Waals surface area contributed by atoms with Gasteiger partial charge in [-0.1, -0.05) is 36.4 Å². The van der Waals surface area contributed by atoms with Gasteiger partial charge in [-0.25, -0.2) is 4.79 Å². The van der Waals surface area contributed by atoms with Crippen LogP contribution in [0.15, 0.2) is 48.5 Å². The molecule has 0 fully saturated rings. The molecule has 2 aromatic rings. The Morgan fingerprint density at radius 3 is 2.56 bits per heavy atom. The third-order valence-corrected chi connectivity index (χ3v) is 5.56. The summed E-state index contributed by atoms with van der Waals surface area (Å²) in [6, 6.07) is 13.9. The summed E-state index contributed by atoms with van der Waals surface area (Å²) in [6.07, 6.45) is 0.447. The molecule has 3 amide bonds. The van der Waals surface area contributed by atoms with E-state index in [1.54, 1.807) is 33.8 Å². The van der Waals surface area contributed by atoms with E-state index >= 15 is 0 Å². The SMILES string of the molecule is C[C@@H](C(=O)NC1CCc2ccc(OCc3ccccc3)cc2NC1=O)N(C)C(=O)OC(C)(C)C. The van der Waals surface area contributed by atoms with E-state index in [0.29, 0.717) is 30.9 Å². The van der Waals surface area contributed by atoms with Gasteiger partial charge in [-0.15, -0.1) is 0 Å². The first kappa shape index (κ1) is 25.1. The normalized spacial score (nSPS) is 16.4. The molecule has 2 atom stereocenters. The molecule has 0 aliphatic carbocycles. The van der Waals surface area contributed by atoms with E-state index in [1.165, 1.54) is 11.9 Å². The van der Waals surface area contributed by atoms with Crippen LogP contribution in [-0.2, 0) is 27.4 Å². The molecule has 34 heavy (non-hydrogen) atoms. The van der Waals surface area contributed by atoms with Gasteiger partial charge in [0, 0.05) is 18.8 Å². The molecule has 1 heterocycles. The Morgan fingerprint density at radius 2 is 1.88 bits per heavy atom. The van der Waals surface area contributed by atoms with Gasteiger partial charge in [0.25, 0.3) is 0 Å². The average molecular weight is 468 g/mol. The molecule has 0 saturated heterocycles. The second-order valence-corrected chi connectivity index (χ2v) is 9.45. The third kappa shape index (κ3) is 6.73. The van der Waals surface area contributed by atoms with E-state index in [-0.39, 0.29) is 5.91 Å². The number of fused-ring (bicyclic) bond motifs is 1. The van der Waals surface area contributed by atoms with Gasteiger partial charge in [-0.05, 0) is 57.7 Å². The lowest BCUT2D eigenvalue weighted by atomic mass is 10.1. The molecular formula is C26H33N3O5. The van der Waals surface area contributed by atoms with E-state index in [0.717, 1.165) is 11.1 Å². The molecule has 3 rings (SSSR count). The second-order valence-electron chi connectivity index (χ2n) is 9.45. The van der Waals surface area contributed by atoms with Gasteiger partial charge < -0.3 is 20.1 Å². The van der Waals surface area contributed by atoms with Crippen molar-refractivity contribution < 1.29 is 23.9 Å². The minimum atomic E-state index is -0.800. The maximum Gasteiger partial charge on any atom is 0.410 e. The number of nitrogens with zero attached hydrogens (tertiary/aromatic N) is 1. The smallest absolute Gasteiger partial charge is 0.410 e. The highest BCUT2D eigenvalue weighted by Gasteiger charge is 2.31. The van der Waals surface area contributed by atoms with Crippen molar-refractivity contribution in [2.24, 2.45) is 0 Å². The molecule has 0 aromatic heterocycles. The third-order valence-electron chi connectivity index (χ3n) is 5.56. The van der Waals surface area contributed by atoms with Crippen molar-refractivity contribution in [3.05, 3.63) is 59.7 Å². The Hall–Kier alpha value is -3.55. The molecule has 0 bridgehead atoms. The summed E-state index contributed by atoms with van der Waals surface area (Å²) in [5.41, 5.74) is 2.02. The predicted molar refractivity (Wildman–Crippen MR) is 130 cm³/mol. The van der Waals surface area contributed by atoms with Gasteiger partial charge in [0.2, 0.25) is 11.8 Å². The lowest BCUT2D eigenvalue weighted by Gasteiger charge is -2.29. The number of amides is 3. The van der Waals surface area contributed by atoms with Crippen molar-refractivity contribution in [1.82, 2.24) is 10.2 Å². The van der Waals surface area contributed by atoms with E-state index in [1.807, 2.05) is 42.5 Å². The van der Waals surface area contributed by atoms with Gasteiger partial charge in [0.1, 0.15) is 30.0 Å². The Labute approximate surface area is 200 Å². The minimum Gasteiger partial charge on any atom is -0.489 e. The quantitative estimate of drug-likeness (QED) is 0.672. The van der Waals surface area contributed by atoms with Crippen LogP contribution in [0.2, 0.25) is 0 Å². The van der Waals surface area contributed by atoms with Crippen molar-refractivity contribution in [2.75, 3.05) is 12.4 Å². The van der Waals surface area contributed by atoms with E-state index in [9.17, 15) is 14.4 Å². The predicted octanol–water partition coefficient (Wildman–Crippen LogP) is 3.89. The van der Waals surface area contributed by atoms with Gasteiger partial charge in [0.05, 0.1) is 0 Å². The first-order valence-electron chi connectivity index (χ1n) is 11.4. The van der Waals surface area contributed by atoms with E-state index in [4.69, 9.17) is 9.47 Å². The van der Waals surface area contributed by atoms with Gasteiger partial charge in [0.15, 0.2) is 0 Å². The average Bonchev–Trinajstić information content (AvgIpc) is 2.94. The number of aryl methyl sites for hydroxylation is 1. The maximum atomic E-state index is 12.8.